The van der Waals surface area contributed by atoms with E-state index >= 15 is 0 Å². The zero-order chi connectivity index (χ0) is 7.11. The summed E-state index contributed by atoms with van der Waals surface area (Å²) in [6, 6.07) is 0. The van der Waals surface area contributed by atoms with Crippen LogP contribution in [-0.2, 0) is 0 Å². The molecule has 9 heavy (non-hydrogen) atoms. The van der Waals surface area contributed by atoms with E-state index in [1.165, 1.54) is 0 Å². The second-order valence-electron chi connectivity index (χ2n) is 1.85. The predicted molar refractivity (Wildman–Crippen MR) is 45.9 cm³/mol. The molecule has 54 valence electrons. The average Bonchev–Trinajstić information content (AvgIpc) is 1.91. The van der Waals surface area contributed by atoms with Crippen LogP contribution in [0, 0.1) is 0 Å². The molecule has 0 aliphatic rings. The average molecular weight is 192 g/mol. The van der Waals surface area contributed by atoms with Crippen molar-refractivity contribution in [3.8, 4) is 0 Å². The molecule has 0 saturated carbocycles. The minimum atomic E-state index is 1.05. The fourth-order valence-electron chi connectivity index (χ4n) is 0.671. The third kappa shape index (κ3) is 4.67. The first-order valence-corrected chi connectivity index (χ1v) is 4.24. The number of halogens is 1. The Labute approximate surface area is 65.9 Å². The fraction of sp³-hybridized carbons (Fsp3) is 0.714. The minimum Gasteiger partial charge on any atom is -0.300 e. The lowest BCUT2D eigenvalue weighted by molar-refractivity contribution is 0.337. The molecular weight excluding hydrogens is 178 g/mol. The van der Waals surface area contributed by atoms with Crippen LogP contribution in [0.25, 0.3) is 0 Å². The summed E-state index contributed by atoms with van der Waals surface area (Å²) in [7, 11) is 0. The highest BCUT2D eigenvalue weighted by Gasteiger charge is 1.91. The second kappa shape index (κ2) is 6.30. The van der Waals surface area contributed by atoms with Gasteiger partial charge in [0.25, 0.3) is 0 Å². The standard InChI is InChI=1S/C7H14BrN/c1-3-9(4-2)7-5-6-8/h5-6H,3-4,7H2,1-2H3/b6-5+. The van der Waals surface area contributed by atoms with Crippen LogP contribution in [0.2, 0.25) is 0 Å². The molecule has 0 radical (unpaired) electrons. The first kappa shape index (κ1) is 9.18. The third-order valence-corrected chi connectivity index (χ3v) is 1.72. The summed E-state index contributed by atoms with van der Waals surface area (Å²) in [5.41, 5.74) is 0. The molecule has 0 unspecified atom stereocenters. The van der Waals surface area contributed by atoms with Crippen molar-refractivity contribution < 1.29 is 0 Å². The SMILES string of the molecule is CCN(CC)C/C=C/Br. The van der Waals surface area contributed by atoms with Crippen LogP contribution in [-0.4, -0.2) is 24.5 Å². The highest BCUT2D eigenvalue weighted by Crippen LogP contribution is 1.89. The van der Waals surface area contributed by atoms with Crippen molar-refractivity contribution in [1.29, 1.82) is 0 Å². The van der Waals surface area contributed by atoms with E-state index in [1.807, 2.05) is 4.99 Å². The molecule has 0 amide bonds. The van der Waals surface area contributed by atoms with E-state index < -0.39 is 0 Å². The van der Waals surface area contributed by atoms with Gasteiger partial charge in [-0.1, -0.05) is 35.9 Å². The molecule has 0 aliphatic heterocycles. The van der Waals surface area contributed by atoms with Gasteiger partial charge in [0.2, 0.25) is 0 Å². The molecule has 0 rings (SSSR count). The molecule has 0 spiro atoms. The van der Waals surface area contributed by atoms with Crippen molar-refractivity contribution >= 4 is 15.9 Å². The van der Waals surface area contributed by atoms with E-state index in [9.17, 15) is 0 Å². The molecular formula is C7H14BrN. The predicted octanol–water partition coefficient (Wildman–Crippen LogP) is 2.24. The van der Waals surface area contributed by atoms with Gasteiger partial charge in [-0.25, -0.2) is 0 Å². The van der Waals surface area contributed by atoms with Crippen LogP contribution in [0.3, 0.4) is 0 Å². The van der Waals surface area contributed by atoms with Crippen LogP contribution < -0.4 is 0 Å². The summed E-state index contributed by atoms with van der Waals surface area (Å²) < 4.78 is 0. The Balaban J connectivity index is 3.31. The van der Waals surface area contributed by atoms with E-state index in [-0.39, 0.29) is 0 Å². The molecule has 0 fully saturated rings. The Morgan fingerprint density at radius 1 is 1.33 bits per heavy atom. The molecule has 2 heteroatoms. The van der Waals surface area contributed by atoms with Gasteiger partial charge in [-0.3, -0.25) is 0 Å². The first-order chi connectivity index (χ1) is 4.35. The minimum absolute atomic E-state index is 1.05. The van der Waals surface area contributed by atoms with Gasteiger partial charge in [0.1, 0.15) is 0 Å². The molecule has 0 aliphatic carbocycles. The van der Waals surface area contributed by atoms with Crippen molar-refractivity contribution in [2.45, 2.75) is 13.8 Å². The second-order valence-corrected chi connectivity index (χ2v) is 2.38. The van der Waals surface area contributed by atoms with Gasteiger partial charge in [-0.05, 0) is 18.1 Å². The first-order valence-electron chi connectivity index (χ1n) is 3.32. The van der Waals surface area contributed by atoms with Crippen molar-refractivity contribution in [1.82, 2.24) is 4.90 Å². The summed E-state index contributed by atoms with van der Waals surface area (Å²) in [4.78, 5) is 4.25. The van der Waals surface area contributed by atoms with Gasteiger partial charge in [-0.15, -0.1) is 0 Å². The summed E-state index contributed by atoms with van der Waals surface area (Å²) in [6.45, 7) is 7.66. The zero-order valence-electron chi connectivity index (χ0n) is 6.10. The van der Waals surface area contributed by atoms with Crippen LogP contribution >= 0.6 is 15.9 Å². The van der Waals surface area contributed by atoms with E-state index in [2.05, 4.69) is 40.8 Å². The lowest BCUT2D eigenvalue weighted by atomic mass is 10.5. The summed E-state index contributed by atoms with van der Waals surface area (Å²) >= 11 is 3.23. The third-order valence-electron chi connectivity index (χ3n) is 1.35. The topological polar surface area (TPSA) is 3.24 Å². The maximum absolute atomic E-state index is 3.23. The number of likely N-dealkylation sites (N-methyl/N-ethyl adjacent to an activating group) is 1. The van der Waals surface area contributed by atoms with Crippen molar-refractivity contribution in [2.75, 3.05) is 19.6 Å². The van der Waals surface area contributed by atoms with Crippen molar-refractivity contribution in [2.24, 2.45) is 0 Å². The Bertz CT molecular complexity index is 77.0. The van der Waals surface area contributed by atoms with Crippen molar-refractivity contribution in [3.63, 3.8) is 0 Å². The Hall–Kier alpha value is 0.180. The van der Waals surface area contributed by atoms with Gasteiger partial charge < -0.3 is 4.90 Å². The van der Waals surface area contributed by atoms with Gasteiger partial charge >= 0.3 is 0 Å². The molecule has 0 atom stereocenters. The number of nitrogens with zero attached hydrogens (tertiary/aromatic N) is 1. The molecule has 0 aromatic heterocycles. The molecule has 0 saturated heterocycles. The normalized spacial score (nSPS) is 11.6. The Morgan fingerprint density at radius 3 is 2.22 bits per heavy atom. The number of hydrogen-bond acceptors (Lipinski definition) is 1. The van der Waals surface area contributed by atoms with Crippen LogP contribution in [0.5, 0.6) is 0 Å². The van der Waals surface area contributed by atoms with Crippen LogP contribution in [0.4, 0.5) is 0 Å². The Morgan fingerprint density at radius 2 is 1.89 bits per heavy atom. The quantitative estimate of drug-likeness (QED) is 0.660. The number of rotatable bonds is 4. The van der Waals surface area contributed by atoms with E-state index in [1.54, 1.807) is 0 Å². The van der Waals surface area contributed by atoms with E-state index in [4.69, 9.17) is 0 Å². The van der Waals surface area contributed by atoms with Gasteiger partial charge in [0, 0.05) is 6.54 Å². The molecule has 0 N–H and O–H groups in total. The molecule has 0 aromatic carbocycles. The maximum atomic E-state index is 3.23. The Kier molecular flexibility index (Phi) is 6.43. The number of hydrogen-bond donors (Lipinski definition) is 0. The highest BCUT2D eigenvalue weighted by atomic mass is 79.9. The summed E-state index contributed by atoms with van der Waals surface area (Å²) in [6.07, 6.45) is 2.10. The highest BCUT2D eigenvalue weighted by molar-refractivity contribution is 9.11. The lowest BCUT2D eigenvalue weighted by Gasteiger charge is -2.14. The monoisotopic (exact) mass is 191 g/mol. The maximum Gasteiger partial charge on any atom is 0.0171 e. The van der Waals surface area contributed by atoms with Gasteiger partial charge in [0.15, 0.2) is 0 Å². The zero-order valence-corrected chi connectivity index (χ0v) is 7.69. The summed E-state index contributed by atoms with van der Waals surface area (Å²) in [5.74, 6) is 0. The van der Waals surface area contributed by atoms with E-state index in [0.29, 0.717) is 0 Å². The largest absolute Gasteiger partial charge is 0.300 e. The molecule has 1 nitrogen and oxygen atoms in total. The van der Waals surface area contributed by atoms with Gasteiger partial charge in [-0.2, -0.15) is 0 Å². The lowest BCUT2D eigenvalue weighted by Crippen LogP contribution is -2.22. The van der Waals surface area contributed by atoms with Crippen molar-refractivity contribution in [3.05, 3.63) is 11.1 Å². The van der Waals surface area contributed by atoms with Gasteiger partial charge in [0.05, 0.1) is 0 Å². The van der Waals surface area contributed by atoms with Crippen LogP contribution in [0.1, 0.15) is 13.8 Å². The molecule has 0 bridgehead atoms. The smallest absolute Gasteiger partial charge is 0.0171 e. The fourth-order valence-corrected chi connectivity index (χ4v) is 0.838. The van der Waals surface area contributed by atoms with E-state index in [0.717, 1.165) is 19.6 Å². The molecule has 0 heterocycles. The molecule has 0 aromatic rings. The van der Waals surface area contributed by atoms with Crippen LogP contribution in [0.15, 0.2) is 11.1 Å². The summed E-state index contributed by atoms with van der Waals surface area (Å²) in [5, 5.41) is 0.